The Hall–Kier alpha value is -2.82. The topological polar surface area (TPSA) is 61.4 Å². The number of carbonyl (C=O) groups excluding carboxylic acids is 2. The number of benzene rings is 2. The van der Waals surface area contributed by atoms with Crippen molar-refractivity contribution in [3.05, 3.63) is 66.2 Å². The van der Waals surface area contributed by atoms with Crippen LogP contribution in [0.25, 0.3) is 0 Å². The molecule has 0 saturated heterocycles. The van der Waals surface area contributed by atoms with Gasteiger partial charge in [-0.25, -0.2) is 0 Å². The van der Waals surface area contributed by atoms with E-state index in [0.29, 0.717) is 18.7 Å². The molecule has 5 heteroatoms. The molecule has 0 fully saturated rings. The number of hydrogen-bond acceptors (Lipinski definition) is 3. The summed E-state index contributed by atoms with van der Waals surface area (Å²) in [6.45, 7) is 1.83. The van der Waals surface area contributed by atoms with Gasteiger partial charge in [-0.1, -0.05) is 36.4 Å². The molecule has 0 radical (unpaired) electrons. The van der Waals surface area contributed by atoms with Crippen LogP contribution in [0.1, 0.15) is 23.2 Å². The van der Waals surface area contributed by atoms with Gasteiger partial charge in [-0.3, -0.25) is 9.59 Å². The van der Waals surface area contributed by atoms with Gasteiger partial charge in [-0.15, -0.1) is 0 Å². The highest BCUT2D eigenvalue weighted by molar-refractivity contribution is 5.94. The van der Waals surface area contributed by atoms with Crippen LogP contribution in [0.5, 0.6) is 0 Å². The maximum atomic E-state index is 11.8. The van der Waals surface area contributed by atoms with Crippen LogP contribution in [0.15, 0.2) is 60.7 Å². The number of amides is 2. The lowest BCUT2D eigenvalue weighted by Gasteiger charge is -2.19. The van der Waals surface area contributed by atoms with Crippen molar-refractivity contribution in [1.82, 2.24) is 10.6 Å². The molecule has 0 aromatic heterocycles. The van der Waals surface area contributed by atoms with Gasteiger partial charge < -0.3 is 15.5 Å². The van der Waals surface area contributed by atoms with Crippen molar-refractivity contribution in [3.8, 4) is 0 Å². The van der Waals surface area contributed by atoms with Crippen LogP contribution in [-0.4, -0.2) is 38.5 Å². The van der Waals surface area contributed by atoms with E-state index in [1.807, 2.05) is 43.4 Å². The molecule has 0 unspecified atom stereocenters. The Labute approximate surface area is 149 Å². The number of rotatable bonds is 9. The highest BCUT2D eigenvalue weighted by atomic mass is 16.2. The first-order chi connectivity index (χ1) is 12.2. The van der Waals surface area contributed by atoms with Gasteiger partial charge in [0.1, 0.15) is 0 Å². The molecule has 0 aliphatic rings. The van der Waals surface area contributed by atoms with Gasteiger partial charge in [0.15, 0.2) is 0 Å². The molecule has 25 heavy (non-hydrogen) atoms. The Morgan fingerprint density at radius 3 is 2.20 bits per heavy atom. The molecule has 132 valence electrons. The summed E-state index contributed by atoms with van der Waals surface area (Å²) in [6.07, 6.45) is 1.15. The van der Waals surface area contributed by atoms with E-state index in [1.54, 1.807) is 12.1 Å². The fraction of sp³-hybridized carbons (Fsp3) is 0.300. The van der Waals surface area contributed by atoms with E-state index in [1.165, 1.54) is 0 Å². The predicted octanol–water partition coefficient (Wildman–Crippen LogP) is 2.45. The van der Waals surface area contributed by atoms with Gasteiger partial charge in [-0.2, -0.15) is 0 Å². The molecule has 2 aromatic carbocycles. The quantitative estimate of drug-likeness (QED) is 0.690. The van der Waals surface area contributed by atoms with Gasteiger partial charge in [0.25, 0.3) is 5.91 Å². The highest BCUT2D eigenvalue weighted by Gasteiger charge is 2.06. The summed E-state index contributed by atoms with van der Waals surface area (Å²) in [5, 5.41) is 5.64. The molecule has 2 aromatic rings. The molecule has 2 amide bonds. The zero-order valence-corrected chi connectivity index (χ0v) is 14.6. The summed E-state index contributed by atoms with van der Waals surface area (Å²) in [4.78, 5) is 25.8. The molecular formula is C20H25N3O2. The van der Waals surface area contributed by atoms with Crippen molar-refractivity contribution in [3.63, 3.8) is 0 Å². The monoisotopic (exact) mass is 339 g/mol. The summed E-state index contributed by atoms with van der Waals surface area (Å²) in [5.74, 6) is -0.200. The maximum Gasteiger partial charge on any atom is 0.251 e. The first-order valence-electron chi connectivity index (χ1n) is 8.53. The number of carbonyl (C=O) groups is 2. The number of nitrogens with zero attached hydrogens (tertiary/aromatic N) is 1. The molecule has 5 nitrogen and oxygen atoms in total. The second-order valence-electron chi connectivity index (χ2n) is 5.83. The lowest BCUT2D eigenvalue weighted by atomic mass is 10.2. The van der Waals surface area contributed by atoms with Crippen molar-refractivity contribution in [2.24, 2.45) is 0 Å². The molecule has 2 rings (SSSR count). The summed E-state index contributed by atoms with van der Waals surface area (Å²) in [5.41, 5.74) is 1.77. The molecule has 0 spiro atoms. The van der Waals surface area contributed by atoms with Crippen molar-refractivity contribution in [1.29, 1.82) is 0 Å². The molecule has 0 heterocycles. The average Bonchev–Trinajstić information content (AvgIpc) is 2.66. The molecular weight excluding hydrogens is 314 g/mol. The van der Waals surface area contributed by atoms with Crippen LogP contribution in [0.3, 0.4) is 0 Å². The van der Waals surface area contributed by atoms with Gasteiger partial charge >= 0.3 is 0 Å². The van der Waals surface area contributed by atoms with Gasteiger partial charge in [0, 0.05) is 44.4 Å². The second-order valence-corrected chi connectivity index (χ2v) is 5.83. The second kappa shape index (κ2) is 10.1. The van der Waals surface area contributed by atoms with E-state index in [-0.39, 0.29) is 18.2 Å². The van der Waals surface area contributed by atoms with Crippen LogP contribution >= 0.6 is 0 Å². The standard InChI is InChI=1S/C20H25N3O2/c1-23(18-11-6-3-7-12-18)16-8-14-21-19(24)13-15-22-20(25)17-9-4-2-5-10-17/h2-7,9-12H,8,13-16H2,1H3,(H,21,24)(H,22,25). The number of anilines is 1. The normalized spacial score (nSPS) is 10.1. The first kappa shape index (κ1) is 18.5. The zero-order chi connectivity index (χ0) is 17.9. The first-order valence-corrected chi connectivity index (χ1v) is 8.53. The third kappa shape index (κ3) is 6.67. The fourth-order valence-electron chi connectivity index (χ4n) is 2.43. The van der Waals surface area contributed by atoms with Crippen LogP contribution in [-0.2, 0) is 4.79 Å². The lowest BCUT2D eigenvalue weighted by Crippen LogP contribution is -2.32. The Kier molecular flexibility index (Phi) is 7.50. The van der Waals surface area contributed by atoms with Crippen molar-refractivity contribution < 1.29 is 9.59 Å². The molecule has 0 aliphatic carbocycles. The van der Waals surface area contributed by atoms with Gasteiger partial charge in [-0.05, 0) is 30.7 Å². The van der Waals surface area contributed by atoms with Crippen molar-refractivity contribution in [2.75, 3.05) is 31.6 Å². The largest absolute Gasteiger partial charge is 0.375 e. The predicted molar refractivity (Wildman–Crippen MR) is 101 cm³/mol. The Balaban J connectivity index is 1.56. The summed E-state index contributed by atoms with van der Waals surface area (Å²) < 4.78 is 0. The third-order valence-electron chi connectivity index (χ3n) is 3.86. The van der Waals surface area contributed by atoms with E-state index in [2.05, 4.69) is 27.7 Å². The number of hydrogen-bond donors (Lipinski definition) is 2. The fourth-order valence-corrected chi connectivity index (χ4v) is 2.43. The average molecular weight is 339 g/mol. The molecule has 0 atom stereocenters. The highest BCUT2D eigenvalue weighted by Crippen LogP contribution is 2.10. The SMILES string of the molecule is CN(CCCNC(=O)CCNC(=O)c1ccccc1)c1ccccc1. The van der Waals surface area contributed by atoms with E-state index < -0.39 is 0 Å². The van der Waals surface area contributed by atoms with Crippen LogP contribution in [0.4, 0.5) is 5.69 Å². The minimum Gasteiger partial charge on any atom is -0.375 e. The molecule has 0 aliphatic heterocycles. The zero-order valence-electron chi connectivity index (χ0n) is 14.6. The minimum absolute atomic E-state index is 0.0456. The smallest absolute Gasteiger partial charge is 0.251 e. The van der Waals surface area contributed by atoms with Crippen LogP contribution in [0, 0.1) is 0 Å². The minimum atomic E-state index is -0.155. The molecule has 2 N–H and O–H groups in total. The molecule has 0 saturated carbocycles. The lowest BCUT2D eigenvalue weighted by molar-refractivity contribution is -0.120. The van der Waals surface area contributed by atoms with Gasteiger partial charge in [0.05, 0.1) is 0 Å². The molecule has 0 bridgehead atoms. The van der Waals surface area contributed by atoms with Crippen molar-refractivity contribution in [2.45, 2.75) is 12.8 Å². The number of nitrogens with one attached hydrogen (secondary N) is 2. The number of para-hydroxylation sites is 1. The Morgan fingerprint density at radius 2 is 1.52 bits per heavy atom. The van der Waals surface area contributed by atoms with E-state index in [9.17, 15) is 9.59 Å². The van der Waals surface area contributed by atoms with E-state index in [4.69, 9.17) is 0 Å². The Bertz CT molecular complexity index is 659. The van der Waals surface area contributed by atoms with Crippen molar-refractivity contribution >= 4 is 17.5 Å². The van der Waals surface area contributed by atoms with E-state index in [0.717, 1.165) is 18.7 Å². The van der Waals surface area contributed by atoms with E-state index >= 15 is 0 Å². The van der Waals surface area contributed by atoms with Gasteiger partial charge in [0.2, 0.25) is 5.91 Å². The Morgan fingerprint density at radius 1 is 0.880 bits per heavy atom. The summed E-state index contributed by atoms with van der Waals surface area (Å²) in [6, 6.07) is 19.1. The van der Waals surface area contributed by atoms with Crippen LogP contribution < -0.4 is 15.5 Å². The summed E-state index contributed by atoms with van der Waals surface area (Å²) >= 11 is 0. The van der Waals surface area contributed by atoms with Crippen LogP contribution in [0.2, 0.25) is 0 Å². The summed E-state index contributed by atoms with van der Waals surface area (Å²) in [7, 11) is 2.04. The third-order valence-corrected chi connectivity index (χ3v) is 3.86. The maximum absolute atomic E-state index is 11.8.